The Kier molecular flexibility index (Phi) is 6.73. The van der Waals surface area contributed by atoms with Gasteiger partial charge < -0.3 is 14.0 Å². The second-order valence-electron chi connectivity index (χ2n) is 13.2. The van der Waals surface area contributed by atoms with Crippen LogP contribution in [-0.2, 0) is 5.41 Å². The smallest absolute Gasteiger partial charge is 0.208 e. The summed E-state index contributed by atoms with van der Waals surface area (Å²) in [7, 11) is -3.13. The first-order valence-electron chi connectivity index (χ1n) is 17.4. The quantitative estimate of drug-likeness (QED) is 0.172. The molecule has 0 amide bonds. The maximum atomic E-state index is 7.25. The SMILES string of the molecule is c1ccc(-n2c3c(c4c2[Si](c2ccccc2)(c2ccccc2)c2ccccc2O4)Oc2ccccc2C3(c2ccccc2)c2ccccc2)cc1. The van der Waals surface area contributed by atoms with Crippen molar-refractivity contribution < 1.29 is 9.47 Å². The highest BCUT2D eigenvalue weighted by Gasteiger charge is 2.57. The fourth-order valence-corrected chi connectivity index (χ4v) is 13.8. The largest absolute Gasteiger partial charge is 0.452 e. The number of ether oxygens (including phenoxy) is 2. The van der Waals surface area contributed by atoms with E-state index in [2.05, 4.69) is 205 Å². The van der Waals surface area contributed by atoms with Gasteiger partial charge in [0, 0.05) is 11.3 Å². The summed E-state index contributed by atoms with van der Waals surface area (Å²) < 4.78 is 17.0. The van der Waals surface area contributed by atoms with Crippen LogP contribution in [0.15, 0.2) is 200 Å². The normalized spacial score (nSPS) is 14.5. The fourth-order valence-electron chi connectivity index (χ4n) is 8.69. The molecule has 10 rings (SSSR count). The molecule has 51 heavy (non-hydrogen) atoms. The Hall–Kier alpha value is -6.36. The van der Waals surface area contributed by atoms with E-state index in [4.69, 9.17) is 9.47 Å². The lowest BCUT2D eigenvalue weighted by Gasteiger charge is -2.41. The van der Waals surface area contributed by atoms with Crippen molar-refractivity contribution in [1.29, 1.82) is 0 Å². The van der Waals surface area contributed by atoms with Gasteiger partial charge in [0.2, 0.25) is 8.07 Å². The average Bonchev–Trinajstić information content (AvgIpc) is 3.54. The van der Waals surface area contributed by atoms with E-state index in [1.165, 1.54) is 15.6 Å². The summed E-state index contributed by atoms with van der Waals surface area (Å²) in [4.78, 5) is 0. The van der Waals surface area contributed by atoms with E-state index in [0.29, 0.717) is 0 Å². The number of hydrogen-bond acceptors (Lipinski definition) is 2. The van der Waals surface area contributed by atoms with Gasteiger partial charge in [-0.2, -0.15) is 0 Å². The molecule has 0 saturated heterocycles. The third-order valence-corrected chi connectivity index (χ3v) is 15.4. The molecule has 0 atom stereocenters. The highest BCUT2D eigenvalue weighted by atomic mass is 28.3. The fraction of sp³-hybridized carbons (Fsp3) is 0.0213. The van der Waals surface area contributed by atoms with Gasteiger partial charge in [-0.15, -0.1) is 0 Å². The van der Waals surface area contributed by atoms with E-state index < -0.39 is 13.5 Å². The lowest BCUT2D eigenvalue weighted by Crippen LogP contribution is -2.77. The maximum Gasteiger partial charge on any atom is 0.208 e. The summed E-state index contributed by atoms with van der Waals surface area (Å²) >= 11 is 0. The molecule has 0 spiro atoms. The molecule has 3 nitrogen and oxygen atoms in total. The molecule has 0 N–H and O–H groups in total. The van der Waals surface area contributed by atoms with Crippen LogP contribution in [0.5, 0.6) is 23.0 Å². The number of aromatic nitrogens is 1. The van der Waals surface area contributed by atoms with Gasteiger partial charge in [0.1, 0.15) is 11.5 Å². The van der Waals surface area contributed by atoms with Crippen molar-refractivity contribution in [3.05, 3.63) is 223 Å². The van der Waals surface area contributed by atoms with Gasteiger partial charge in [-0.1, -0.05) is 176 Å². The highest BCUT2D eigenvalue weighted by Crippen LogP contribution is 2.59. The molecule has 0 bridgehead atoms. The second-order valence-corrected chi connectivity index (χ2v) is 16.9. The van der Waals surface area contributed by atoms with Gasteiger partial charge in [0.05, 0.1) is 16.4 Å². The molecule has 0 fully saturated rings. The van der Waals surface area contributed by atoms with E-state index in [1.807, 2.05) is 0 Å². The van der Waals surface area contributed by atoms with Gasteiger partial charge >= 0.3 is 0 Å². The third kappa shape index (κ3) is 4.11. The van der Waals surface area contributed by atoms with Crippen molar-refractivity contribution in [3.8, 4) is 28.7 Å². The van der Waals surface area contributed by atoms with Crippen LogP contribution in [0.2, 0.25) is 0 Å². The molecule has 0 radical (unpaired) electrons. The molecule has 7 aromatic carbocycles. The molecule has 2 aliphatic rings. The van der Waals surface area contributed by atoms with Crippen LogP contribution in [0.3, 0.4) is 0 Å². The molecule has 0 aliphatic carbocycles. The standard InChI is InChI=1S/C47H33NO2Si/c1-6-20-34(21-7-1)47(35-22-8-2-9-23-35)39-30-16-17-31-40(39)49-43-44-46(48(45(43)47)36-24-10-3-11-25-36)51(37-26-12-4-13-27-37,38-28-14-5-15-29-38)42-33-19-18-32-41(42)50-44/h1-33H. The highest BCUT2D eigenvalue weighted by molar-refractivity contribution is 7.20. The topological polar surface area (TPSA) is 23.4 Å². The van der Waals surface area contributed by atoms with Crippen molar-refractivity contribution in [2.45, 2.75) is 5.41 Å². The van der Waals surface area contributed by atoms with Crippen LogP contribution >= 0.6 is 0 Å². The molecular weight excluding hydrogens is 639 g/mol. The summed E-state index contributed by atoms with van der Waals surface area (Å²) in [5.41, 5.74) is 4.73. The predicted octanol–water partition coefficient (Wildman–Crippen LogP) is 8.45. The minimum atomic E-state index is -3.13. The summed E-state index contributed by atoms with van der Waals surface area (Å²) in [6, 6.07) is 71.9. The van der Waals surface area contributed by atoms with Crippen molar-refractivity contribution in [2.24, 2.45) is 0 Å². The van der Waals surface area contributed by atoms with Gasteiger partial charge in [0.25, 0.3) is 0 Å². The first-order chi connectivity index (χ1) is 25.3. The molecule has 0 saturated carbocycles. The van der Waals surface area contributed by atoms with Crippen LogP contribution in [0.25, 0.3) is 5.69 Å². The first-order valence-corrected chi connectivity index (χ1v) is 19.4. The van der Waals surface area contributed by atoms with Gasteiger partial charge in [0.15, 0.2) is 11.5 Å². The number of rotatable bonds is 5. The van der Waals surface area contributed by atoms with Crippen molar-refractivity contribution in [3.63, 3.8) is 0 Å². The molecule has 2 aliphatic heterocycles. The first kappa shape index (κ1) is 29.5. The molecule has 3 heterocycles. The Morgan fingerprint density at radius 2 is 0.863 bits per heavy atom. The average molecular weight is 672 g/mol. The predicted molar refractivity (Wildman–Crippen MR) is 208 cm³/mol. The Bertz CT molecular complexity index is 2280. The summed E-state index contributed by atoms with van der Waals surface area (Å²) in [6.07, 6.45) is 0. The van der Waals surface area contributed by atoms with Crippen LogP contribution < -0.4 is 30.4 Å². The Morgan fingerprint density at radius 1 is 0.412 bits per heavy atom. The number of fused-ring (bicyclic) bond motifs is 5. The molecular formula is C47H33NO2Si. The number of para-hydroxylation sites is 3. The van der Waals surface area contributed by atoms with Crippen molar-refractivity contribution >= 4 is 29.0 Å². The van der Waals surface area contributed by atoms with E-state index in [0.717, 1.165) is 56.4 Å². The lowest BCUT2D eigenvalue weighted by molar-refractivity contribution is 0.396. The van der Waals surface area contributed by atoms with E-state index in [-0.39, 0.29) is 0 Å². The van der Waals surface area contributed by atoms with E-state index in [1.54, 1.807) is 0 Å². The Morgan fingerprint density at radius 3 is 1.45 bits per heavy atom. The Balaban J connectivity index is 1.48. The van der Waals surface area contributed by atoms with Crippen LogP contribution in [0, 0.1) is 0 Å². The second kappa shape index (κ2) is 11.6. The van der Waals surface area contributed by atoms with Crippen molar-refractivity contribution in [1.82, 2.24) is 4.57 Å². The molecule has 4 heteroatoms. The zero-order valence-electron chi connectivity index (χ0n) is 27.8. The number of benzene rings is 7. The molecule has 242 valence electrons. The van der Waals surface area contributed by atoms with Gasteiger partial charge in [-0.05, 0) is 51.0 Å². The summed E-state index contributed by atoms with van der Waals surface area (Å²) in [5, 5.41) is 4.91. The zero-order valence-corrected chi connectivity index (χ0v) is 28.8. The molecule has 1 aromatic heterocycles. The minimum absolute atomic E-state index is 0.749. The third-order valence-electron chi connectivity index (χ3n) is 10.6. The van der Waals surface area contributed by atoms with Crippen molar-refractivity contribution in [2.75, 3.05) is 0 Å². The van der Waals surface area contributed by atoms with Crippen LogP contribution in [-0.4, -0.2) is 12.6 Å². The number of nitrogens with zero attached hydrogens (tertiary/aromatic N) is 1. The monoisotopic (exact) mass is 671 g/mol. The van der Waals surface area contributed by atoms with E-state index in [9.17, 15) is 0 Å². The van der Waals surface area contributed by atoms with Gasteiger partial charge in [-0.25, -0.2) is 0 Å². The van der Waals surface area contributed by atoms with E-state index >= 15 is 0 Å². The minimum Gasteiger partial charge on any atom is -0.452 e. The van der Waals surface area contributed by atoms with Gasteiger partial charge in [-0.3, -0.25) is 0 Å². The van der Waals surface area contributed by atoms with Crippen LogP contribution in [0.1, 0.15) is 22.4 Å². The van der Waals surface area contributed by atoms with Crippen LogP contribution in [0.4, 0.5) is 0 Å². The summed E-state index contributed by atoms with van der Waals surface area (Å²) in [5.74, 6) is 3.21. The Labute approximate surface area is 298 Å². The molecule has 8 aromatic rings. The maximum absolute atomic E-state index is 7.25. The zero-order chi connectivity index (χ0) is 33.8. The molecule has 0 unspecified atom stereocenters. The summed E-state index contributed by atoms with van der Waals surface area (Å²) in [6.45, 7) is 0. The lowest BCUT2D eigenvalue weighted by atomic mass is 9.65. The number of hydrogen-bond donors (Lipinski definition) is 0.